The van der Waals surface area contributed by atoms with Crippen molar-refractivity contribution in [1.29, 1.82) is 0 Å². The molecular weight excluding hydrogens is 309 g/mol. The first-order valence-corrected chi connectivity index (χ1v) is 6.80. The third-order valence-electron chi connectivity index (χ3n) is 2.36. The first-order valence-electron chi connectivity index (χ1n) is 4.55. The first-order chi connectivity index (χ1) is 8.51. The van der Waals surface area contributed by atoms with Gasteiger partial charge in [-0.25, -0.2) is 0 Å². The molecule has 0 aliphatic heterocycles. The smallest absolute Gasteiger partial charge is 0.417 e. The van der Waals surface area contributed by atoms with Gasteiger partial charge in [-0.15, -0.1) is 0 Å². The Labute approximate surface area is 108 Å². The highest BCUT2D eigenvalue weighted by atomic mass is 32.2. The van der Waals surface area contributed by atoms with E-state index in [4.69, 9.17) is 4.55 Å². The second-order valence-corrected chi connectivity index (χ2v) is 5.95. The van der Waals surface area contributed by atoms with Gasteiger partial charge in [0.1, 0.15) is 4.90 Å². The zero-order chi connectivity index (χ0) is 14.6. The molecule has 3 N–H and O–H groups in total. The molecule has 0 aliphatic rings. The van der Waals surface area contributed by atoms with Crippen LogP contribution in [0.25, 0.3) is 10.8 Å². The Morgan fingerprint density at radius 1 is 1.05 bits per heavy atom. The van der Waals surface area contributed by atoms with Crippen LogP contribution in [0, 0.1) is 0 Å². The van der Waals surface area contributed by atoms with Gasteiger partial charge >= 0.3 is 6.18 Å². The largest absolute Gasteiger partial charge is 0.499 e. The monoisotopic (exact) mass is 314 g/mol. The Kier molecular flexibility index (Phi) is 2.92. The molecule has 0 spiro atoms. The summed E-state index contributed by atoms with van der Waals surface area (Å²) in [6, 6.07) is 0.836. The maximum absolute atomic E-state index is 12.7. The molecule has 0 saturated heterocycles. The van der Waals surface area contributed by atoms with Crippen LogP contribution in [0.4, 0.5) is 13.2 Å². The molecule has 104 valence electrons. The van der Waals surface area contributed by atoms with Gasteiger partial charge in [0, 0.05) is 10.8 Å². The number of hydrogen-bond donors (Lipinski definition) is 3. The molecule has 5 nitrogen and oxygen atoms in total. The lowest BCUT2D eigenvalue weighted by Gasteiger charge is -2.11. The maximum Gasteiger partial charge on any atom is 0.417 e. The van der Waals surface area contributed by atoms with Gasteiger partial charge in [0.15, 0.2) is 10.1 Å². The molecular formula is C9H5F3O5S2. The van der Waals surface area contributed by atoms with Crippen LogP contribution >= 0.6 is 11.3 Å². The van der Waals surface area contributed by atoms with Gasteiger partial charge in [0.2, 0.25) is 0 Å². The van der Waals surface area contributed by atoms with E-state index in [9.17, 15) is 31.8 Å². The third kappa shape index (κ3) is 2.33. The van der Waals surface area contributed by atoms with Crippen LogP contribution in [0.1, 0.15) is 5.56 Å². The topological polar surface area (TPSA) is 94.8 Å². The summed E-state index contributed by atoms with van der Waals surface area (Å²) in [4.78, 5) is -1.37. The van der Waals surface area contributed by atoms with E-state index in [-0.39, 0.29) is 10.8 Å². The molecule has 0 radical (unpaired) electrons. The average molecular weight is 314 g/mol. The lowest BCUT2D eigenvalue weighted by Crippen LogP contribution is -2.12. The molecule has 0 unspecified atom stereocenters. The van der Waals surface area contributed by atoms with Gasteiger partial charge in [0.25, 0.3) is 10.1 Å². The normalized spacial score (nSPS) is 13.1. The summed E-state index contributed by atoms with van der Waals surface area (Å²) in [6.45, 7) is 0. The van der Waals surface area contributed by atoms with Gasteiger partial charge in [-0.05, 0) is 12.1 Å². The molecule has 2 aromatic rings. The fourth-order valence-electron chi connectivity index (χ4n) is 1.57. The Morgan fingerprint density at radius 2 is 1.53 bits per heavy atom. The van der Waals surface area contributed by atoms with Gasteiger partial charge in [-0.3, -0.25) is 4.55 Å². The zero-order valence-electron chi connectivity index (χ0n) is 8.76. The van der Waals surface area contributed by atoms with E-state index in [1.54, 1.807) is 0 Å². The number of thiophene rings is 1. The molecule has 1 heterocycles. The van der Waals surface area contributed by atoms with Crippen LogP contribution in [0.2, 0.25) is 0 Å². The highest BCUT2D eigenvalue weighted by Crippen LogP contribution is 2.46. The van der Waals surface area contributed by atoms with Crippen molar-refractivity contribution in [3.8, 4) is 10.1 Å². The Morgan fingerprint density at radius 3 is 1.95 bits per heavy atom. The van der Waals surface area contributed by atoms with Gasteiger partial charge in [0.05, 0.1) is 5.56 Å². The Hall–Kier alpha value is -1.52. The van der Waals surface area contributed by atoms with E-state index < -0.39 is 36.9 Å². The van der Waals surface area contributed by atoms with E-state index in [1.165, 1.54) is 0 Å². The molecule has 19 heavy (non-hydrogen) atoms. The summed E-state index contributed by atoms with van der Waals surface area (Å²) >= 11 is 0.388. The van der Waals surface area contributed by atoms with E-state index in [2.05, 4.69) is 0 Å². The summed E-state index contributed by atoms with van der Waals surface area (Å²) < 4.78 is 69.0. The van der Waals surface area contributed by atoms with Gasteiger partial charge in [-0.1, -0.05) is 11.3 Å². The summed E-state index contributed by atoms with van der Waals surface area (Å²) in [7, 11) is -5.12. The van der Waals surface area contributed by atoms with Crippen LogP contribution in [0.5, 0.6) is 10.1 Å². The predicted molar refractivity (Wildman–Crippen MR) is 60.0 cm³/mol. The molecule has 0 fully saturated rings. The number of alkyl halides is 3. The number of benzene rings is 1. The van der Waals surface area contributed by atoms with Crippen molar-refractivity contribution in [3.63, 3.8) is 0 Å². The number of aromatic hydroxyl groups is 2. The Balaban J connectivity index is 2.97. The van der Waals surface area contributed by atoms with E-state index in [1.807, 2.05) is 0 Å². The van der Waals surface area contributed by atoms with Gasteiger partial charge < -0.3 is 10.2 Å². The molecule has 2 rings (SSSR count). The lowest BCUT2D eigenvalue weighted by molar-refractivity contribution is -0.139. The minimum Gasteiger partial charge on any atom is -0.499 e. The summed E-state index contributed by atoms with van der Waals surface area (Å²) in [5, 5.41) is 17.0. The molecule has 10 heteroatoms. The average Bonchev–Trinajstić information content (AvgIpc) is 2.50. The zero-order valence-corrected chi connectivity index (χ0v) is 10.4. The van der Waals surface area contributed by atoms with E-state index in [0.29, 0.717) is 23.5 Å². The minimum atomic E-state index is -5.12. The second kappa shape index (κ2) is 3.99. The van der Waals surface area contributed by atoms with Crippen molar-refractivity contribution in [2.45, 2.75) is 11.1 Å². The van der Waals surface area contributed by atoms with Crippen molar-refractivity contribution in [2.75, 3.05) is 0 Å². The number of fused-ring (bicyclic) bond motifs is 1. The summed E-state index contributed by atoms with van der Waals surface area (Å²) in [5.74, 6) is 0. The lowest BCUT2D eigenvalue weighted by atomic mass is 10.1. The van der Waals surface area contributed by atoms with Crippen molar-refractivity contribution >= 4 is 32.2 Å². The molecule has 0 atom stereocenters. The van der Waals surface area contributed by atoms with E-state index in [0.717, 1.165) is 0 Å². The molecule has 0 aliphatic carbocycles. The van der Waals surface area contributed by atoms with Crippen LogP contribution in [-0.4, -0.2) is 23.2 Å². The number of hydrogen-bond acceptors (Lipinski definition) is 5. The number of rotatable bonds is 1. The Bertz CT molecular complexity index is 760. The van der Waals surface area contributed by atoms with Crippen molar-refractivity contribution in [3.05, 3.63) is 17.7 Å². The minimum absolute atomic E-state index is 0.289. The second-order valence-electron chi connectivity index (χ2n) is 3.58. The SMILES string of the molecule is O=S(=O)(O)c1cc2c(O)sc(O)c2cc1C(F)(F)F. The predicted octanol–water partition coefficient (Wildman–Crippen LogP) is 2.58. The van der Waals surface area contributed by atoms with Crippen LogP contribution in [0.3, 0.4) is 0 Å². The summed E-state index contributed by atoms with van der Waals surface area (Å²) in [6.07, 6.45) is -5.04. The van der Waals surface area contributed by atoms with Crippen LogP contribution in [-0.2, 0) is 16.3 Å². The highest BCUT2D eigenvalue weighted by Gasteiger charge is 2.38. The fourth-order valence-corrected chi connectivity index (χ4v) is 3.03. The molecule has 0 bridgehead atoms. The van der Waals surface area contributed by atoms with Gasteiger partial charge in [-0.2, -0.15) is 21.6 Å². The third-order valence-corrected chi connectivity index (χ3v) is 4.08. The van der Waals surface area contributed by atoms with Crippen LogP contribution < -0.4 is 0 Å². The summed E-state index contributed by atoms with van der Waals surface area (Å²) in [5.41, 5.74) is -1.62. The van der Waals surface area contributed by atoms with Crippen molar-refractivity contribution in [2.24, 2.45) is 0 Å². The molecule has 0 amide bonds. The standard InChI is InChI=1S/C9H5F3O5S2/c10-9(11,12)5-1-3-4(8(14)18-7(3)13)2-6(5)19(15,16)17/h1-2,13-14H,(H,15,16,17). The van der Waals surface area contributed by atoms with Crippen molar-refractivity contribution in [1.82, 2.24) is 0 Å². The van der Waals surface area contributed by atoms with E-state index >= 15 is 0 Å². The highest BCUT2D eigenvalue weighted by molar-refractivity contribution is 7.85. The quantitative estimate of drug-likeness (QED) is 0.703. The maximum atomic E-state index is 12.7. The first kappa shape index (κ1) is 13.9. The van der Waals surface area contributed by atoms with Crippen LogP contribution in [0.15, 0.2) is 17.0 Å². The fraction of sp³-hybridized carbons (Fsp3) is 0.111. The number of halogens is 3. The van der Waals surface area contributed by atoms with Crippen molar-refractivity contribution < 1.29 is 36.4 Å². The molecule has 1 aromatic heterocycles. The molecule has 1 aromatic carbocycles. The molecule has 0 saturated carbocycles.